The molecule has 9 nitrogen and oxygen atoms in total. The van der Waals surface area contributed by atoms with Crippen LogP contribution in [-0.4, -0.2) is 53.8 Å². The molecule has 3 amide bonds. The molecule has 5 atom stereocenters. The summed E-state index contributed by atoms with van der Waals surface area (Å²) in [6.07, 6.45) is 2.89. The van der Waals surface area contributed by atoms with Crippen molar-refractivity contribution in [2.24, 2.45) is 23.7 Å². The topological polar surface area (TPSA) is 119 Å². The lowest BCUT2D eigenvalue weighted by atomic mass is 9.81. The standard InChI is InChI=1S/C29H30N2O7/c1-2-37-28(35)18-10-12-21(13-11-18)30-23(32)16-38-29(36)22(14-17-6-4-3-5-7-17)31-26(33)24-19-8-9-20(15-19)25(24)27(31)34/h3-7,10-13,19-20,22,24-25H,2,8-9,14-16H2,1H3,(H,30,32)/t19-,20-,22-,24+,25+/m0/s1. The molecule has 1 saturated heterocycles. The molecule has 0 unspecified atom stereocenters. The van der Waals surface area contributed by atoms with Crippen LogP contribution < -0.4 is 5.32 Å². The maximum Gasteiger partial charge on any atom is 0.338 e. The summed E-state index contributed by atoms with van der Waals surface area (Å²) in [5, 5.41) is 2.61. The molecule has 0 spiro atoms. The van der Waals surface area contributed by atoms with Gasteiger partial charge in [0.15, 0.2) is 6.61 Å². The number of esters is 2. The quantitative estimate of drug-likeness (QED) is 0.400. The van der Waals surface area contributed by atoms with E-state index < -0.39 is 30.5 Å². The minimum absolute atomic E-state index is 0.114. The van der Waals surface area contributed by atoms with Crippen molar-refractivity contribution >= 4 is 35.3 Å². The second kappa shape index (κ2) is 10.8. The van der Waals surface area contributed by atoms with E-state index in [4.69, 9.17) is 9.47 Å². The summed E-state index contributed by atoms with van der Waals surface area (Å²) in [7, 11) is 0. The van der Waals surface area contributed by atoms with Gasteiger partial charge in [-0.1, -0.05) is 30.3 Å². The first kappa shape index (κ1) is 25.6. The van der Waals surface area contributed by atoms with E-state index in [1.54, 1.807) is 19.1 Å². The summed E-state index contributed by atoms with van der Waals surface area (Å²) in [5.74, 6) is -2.76. The summed E-state index contributed by atoms with van der Waals surface area (Å²) < 4.78 is 10.3. The third kappa shape index (κ3) is 4.92. The first-order chi connectivity index (χ1) is 18.4. The Kier molecular flexibility index (Phi) is 7.26. The van der Waals surface area contributed by atoms with Crippen LogP contribution in [0.3, 0.4) is 0 Å². The monoisotopic (exact) mass is 518 g/mol. The first-order valence-corrected chi connectivity index (χ1v) is 13.0. The van der Waals surface area contributed by atoms with Gasteiger partial charge in [-0.05, 0) is 67.9 Å². The largest absolute Gasteiger partial charge is 0.462 e. The van der Waals surface area contributed by atoms with Gasteiger partial charge in [0, 0.05) is 12.1 Å². The number of anilines is 1. The summed E-state index contributed by atoms with van der Waals surface area (Å²) >= 11 is 0. The molecule has 2 saturated carbocycles. The number of carbonyl (C=O) groups is 5. The average molecular weight is 519 g/mol. The average Bonchev–Trinajstić information content (AvgIpc) is 3.61. The zero-order valence-electron chi connectivity index (χ0n) is 21.1. The molecule has 0 aromatic heterocycles. The molecular formula is C29H30N2O7. The fraction of sp³-hybridized carbons (Fsp3) is 0.414. The Hall–Kier alpha value is -4.01. The third-order valence-electron chi connectivity index (χ3n) is 7.84. The second-order valence-corrected chi connectivity index (χ2v) is 10.1. The predicted octanol–water partition coefficient (Wildman–Crippen LogP) is 2.99. The van der Waals surface area contributed by atoms with Crippen LogP contribution in [0.15, 0.2) is 54.6 Å². The number of likely N-dealkylation sites (tertiary alicyclic amines) is 1. The minimum Gasteiger partial charge on any atom is -0.462 e. The number of benzene rings is 2. The van der Waals surface area contributed by atoms with Crippen molar-refractivity contribution in [1.29, 1.82) is 0 Å². The number of rotatable bonds is 9. The van der Waals surface area contributed by atoms with Crippen LogP contribution in [0, 0.1) is 23.7 Å². The fourth-order valence-corrected chi connectivity index (χ4v) is 6.19. The molecule has 2 aliphatic carbocycles. The maximum atomic E-state index is 13.4. The van der Waals surface area contributed by atoms with Crippen LogP contribution in [0.5, 0.6) is 0 Å². The van der Waals surface area contributed by atoms with Crippen LogP contribution in [-0.2, 0) is 35.1 Å². The summed E-state index contributed by atoms with van der Waals surface area (Å²) in [5.41, 5.74) is 1.53. The lowest BCUT2D eigenvalue weighted by Gasteiger charge is -2.26. The maximum absolute atomic E-state index is 13.4. The Balaban J connectivity index is 1.25. The summed E-state index contributed by atoms with van der Waals surface area (Å²) in [4.78, 5) is 65.5. The minimum atomic E-state index is -1.14. The van der Waals surface area contributed by atoms with Gasteiger partial charge in [-0.15, -0.1) is 0 Å². The molecule has 2 bridgehead atoms. The van der Waals surface area contributed by atoms with Gasteiger partial charge in [0.1, 0.15) is 6.04 Å². The van der Waals surface area contributed by atoms with Gasteiger partial charge >= 0.3 is 11.9 Å². The highest BCUT2D eigenvalue weighted by atomic mass is 16.5. The predicted molar refractivity (Wildman–Crippen MR) is 136 cm³/mol. The van der Waals surface area contributed by atoms with E-state index in [1.165, 1.54) is 12.1 Å². The number of carbonyl (C=O) groups excluding carboxylic acids is 5. The molecule has 38 heavy (non-hydrogen) atoms. The van der Waals surface area contributed by atoms with Gasteiger partial charge < -0.3 is 14.8 Å². The Morgan fingerprint density at radius 2 is 1.55 bits per heavy atom. The van der Waals surface area contributed by atoms with Gasteiger partial charge in [0.25, 0.3) is 5.91 Å². The van der Waals surface area contributed by atoms with E-state index in [0.29, 0.717) is 11.3 Å². The Morgan fingerprint density at radius 1 is 0.921 bits per heavy atom. The van der Waals surface area contributed by atoms with Gasteiger partial charge in [0.05, 0.1) is 24.0 Å². The third-order valence-corrected chi connectivity index (χ3v) is 7.84. The van der Waals surface area contributed by atoms with Crippen LogP contribution in [0.4, 0.5) is 5.69 Å². The molecule has 198 valence electrons. The molecule has 2 aromatic carbocycles. The lowest BCUT2D eigenvalue weighted by molar-refractivity contribution is -0.160. The van der Waals surface area contributed by atoms with E-state index in [2.05, 4.69) is 5.32 Å². The van der Waals surface area contributed by atoms with Crippen molar-refractivity contribution in [3.8, 4) is 0 Å². The molecule has 1 N–H and O–H groups in total. The highest BCUT2D eigenvalue weighted by Crippen LogP contribution is 2.56. The number of ether oxygens (including phenoxy) is 2. The Labute approximate surface area is 220 Å². The SMILES string of the molecule is CCOC(=O)c1ccc(NC(=O)COC(=O)[C@H](Cc2ccccc2)N2C(=O)[C@@H]3[C@H]4CC[C@@H](C4)[C@H]3C2=O)cc1. The number of hydrogen-bond donors (Lipinski definition) is 1. The first-order valence-electron chi connectivity index (χ1n) is 13.0. The highest BCUT2D eigenvalue weighted by molar-refractivity contribution is 6.08. The Morgan fingerprint density at radius 3 is 2.16 bits per heavy atom. The van der Waals surface area contributed by atoms with Crippen molar-refractivity contribution in [1.82, 2.24) is 4.90 Å². The second-order valence-electron chi connectivity index (χ2n) is 10.1. The number of fused-ring (bicyclic) bond motifs is 5. The smallest absolute Gasteiger partial charge is 0.338 e. The van der Waals surface area contributed by atoms with Crippen LogP contribution >= 0.6 is 0 Å². The number of nitrogens with zero attached hydrogens (tertiary/aromatic N) is 1. The number of amides is 3. The van der Waals surface area contributed by atoms with Gasteiger partial charge in [-0.2, -0.15) is 0 Å². The lowest BCUT2D eigenvalue weighted by Crippen LogP contribution is -2.48. The van der Waals surface area contributed by atoms with E-state index in [-0.39, 0.29) is 48.5 Å². The number of imide groups is 1. The van der Waals surface area contributed by atoms with Crippen molar-refractivity contribution in [2.75, 3.05) is 18.5 Å². The molecule has 0 radical (unpaired) electrons. The van der Waals surface area contributed by atoms with Crippen molar-refractivity contribution < 1.29 is 33.4 Å². The van der Waals surface area contributed by atoms with Crippen LogP contribution in [0.25, 0.3) is 0 Å². The fourth-order valence-electron chi connectivity index (χ4n) is 6.19. The molecule has 9 heteroatoms. The van der Waals surface area contributed by atoms with E-state index in [0.717, 1.165) is 29.7 Å². The van der Waals surface area contributed by atoms with Crippen LogP contribution in [0.1, 0.15) is 42.1 Å². The zero-order chi connectivity index (χ0) is 26.8. The molecule has 5 rings (SSSR count). The normalized spacial score (nSPS) is 24.2. The van der Waals surface area contributed by atoms with Gasteiger partial charge in [-0.3, -0.25) is 19.3 Å². The van der Waals surface area contributed by atoms with Crippen molar-refractivity contribution in [3.05, 3.63) is 65.7 Å². The summed E-state index contributed by atoms with van der Waals surface area (Å²) in [6.45, 7) is 1.38. The zero-order valence-corrected chi connectivity index (χ0v) is 21.1. The van der Waals surface area contributed by atoms with E-state index in [1.807, 2.05) is 30.3 Å². The highest BCUT2D eigenvalue weighted by Gasteiger charge is 2.62. The molecule has 2 aromatic rings. The molecule has 3 aliphatic rings. The molecule has 1 aliphatic heterocycles. The molecule has 1 heterocycles. The van der Waals surface area contributed by atoms with E-state index in [9.17, 15) is 24.0 Å². The number of hydrogen-bond acceptors (Lipinski definition) is 7. The van der Waals surface area contributed by atoms with Crippen molar-refractivity contribution in [3.63, 3.8) is 0 Å². The summed E-state index contributed by atoms with van der Waals surface area (Å²) in [6, 6.07) is 14.1. The molecular weight excluding hydrogens is 488 g/mol. The van der Waals surface area contributed by atoms with Crippen molar-refractivity contribution in [2.45, 2.75) is 38.6 Å². The molecule has 3 fully saturated rings. The van der Waals surface area contributed by atoms with Crippen LogP contribution in [0.2, 0.25) is 0 Å². The van der Waals surface area contributed by atoms with E-state index >= 15 is 0 Å². The van der Waals surface area contributed by atoms with Gasteiger partial charge in [-0.25, -0.2) is 9.59 Å². The number of nitrogens with one attached hydrogen (secondary N) is 1. The Bertz CT molecular complexity index is 1220. The van der Waals surface area contributed by atoms with Gasteiger partial charge in [0.2, 0.25) is 11.8 Å².